The van der Waals surface area contributed by atoms with Gasteiger partial charge in [-0.25, -0.2) is 9.37 Å². The van der Waals surface area contributed by atoms with E-state index < -0.39 is 5.82 Å². The number of nitrogens with two attached hydrogens (primary N) is 1. The normalized spacial score (nSPS) is 17.3. The highest BCUT2D eigenvalue weighted by Gasteiger charge is 2.14. The van der Waals surface area contributed by atoms with Crippen LogP contribution in [0.3, 0.4) is 0 Å². The third kappa shape index (κ3) is 2.79. The van der Waals surface area contributed by atoms with Crippen molar-refractivity contribution in [1.82, 2.24) is 9.97 Å². The molecule has 1 aliphatic rings. The molecule has 0 radical (unpaired) electrons. The first-order valence-electron chi connectivity index (χ1n) is 5.35. The Labute approximate surface area is 93.2 Å². The maximum atomic E-state index is 13.3. The smallest absolute Gasteiger partial charge is 0.222 e. The molecule has 1 fully saturated rings. The van der Waals surface area contributed by atoms with E-state index in [1.807, 2.05) is 0 Å². The molecule has 0 unspecified atom stereocenters. The lowest BCUT2D eigenvalue weighted by atomic mass is 10.0. The summed E-state index contributed by atoms with van der Waals surface area (Å²) in [6.07, 6.45) is 3.07. The molecule has 0 amide bonds. The number of anilines is 2. The number of aromatic nitrogens is 2. The summed E-state index contributed by atoms with van der Waals surface area (Å²) in [6.45, 7) is 2.25. The van der Waals surface area contributed by atoms with E-state index in [1.165, 1.54) is 0 Å². The molecule has 88 valence electrons. The highest BCUT2D eigenvalue weighted by Crippen LogP contribution is 2.16. The standard InChI is InChI=1S/C10H15FN4O/c11-8-6-14-10(12)15-9(8)13-5-7-1-3-16-4-2-7/h6-7H,1-5H2,(H3,12,13,14,15). The molecule has 0 spiro atoms. The van der Waals surface area contributed by atoms with Gasteiger partial charge in [0, 0.05) is 19.8 Å². The van der Waals surface area contributed by atoms with Gasteiger partial charge >= 0.3 is 0 Å². The third-order valence-corrected chi connectivity index (χ3v) is 2.66. The van der Waals surface area contributed by atoms with Gasteiger partial charge in [-0.15, -0.1) is 0 Å². The summed E-state index contributed by atoms with van der Waals surface area (Å²) < 4.78 is 18.5. The van der Waals surface area contributed by atoms with Gasteiger partial charge in [0.1, 0.15) is 0 Å². The van der Waals surface area contributed by atoms with Gasteiger partial charge in [-0.1, -0.05) is 0 Å². The van der Waals surface area contributed by atoms with Crippen LogP contribution in [0.15, 0.2) is 6.20 Å². The Morgan fingerprint density at radius 1 is 1.50 bits per heavy atom. The molecule has 0 aromatic carbocycles. The fourth-order valence-corrected chi connectivity index (χ4v) is 1.70. The van der Waals surface area contributed by atoms with Crippen LogP contribution < -0.4 is 11.1 Å². The molecule has 2 heterocycles. The quantitative estimate of drug-likeness (QED) is 0.805. The van der Waals surface area contributed by atoms with E-state index in [-0.39, 0.29) is 11.8 Å². The van der Waals surface area contributed by atoms with Crippen molar-refractivity contribution in [1.29, 1.82) is 0 Å². The summed E-state index contributed by atoms with van der Waals surface area (Å²) in [5.74, 6) is 0.292. The maximum Gasteiger partial charge on any atom is 0.222 e. The van der Waals surface area contributed by atoms with E-state index in [0.29, 0.717) is 12.5 Å². The Morgan fingerprint density at radius 3 is 3.00 bits per heavy atom. The lowest BCUT2D eigenvalue weighted by molar-refractivity contribution is 0.0699. The maximum absolute atomic E-state index is 13.3. The third-order valence-electron chi connectivity index (χ3n) is 2.66. The predicted molar refractivity (Wildman–Crippen MR) is 58.4 cm³/mol. The molecule has 0 aliphatic carbocycles. The van der Waals surface area contributed by atoms with Gasteiger partial charge in [-0.2, -0.15) is 4.98 Å². The van der Waals surface area contributed by atoms with Crippen LogP contribution in [0.5, 0.6) is 0 Å². The number of hydrogen-bond acceptors (Lipinski definition) is 5. The first-order valence-corrected chi connectivity index (χ1v) is 5.35. The number of nitrogens with one attached hydrogen (secondary N) is 1. The molecule has 0 bridgehead atoms. The van der Waals surface area contributed by atoms with Crippen molar-refractivity contribution in [3.63, 3.8) is 0 Å². The van der Waals surface area contributed by atoms with Gasteiger partial charge < -0.3 is 15.8 Å². The van der Waals surface area contributed by atoms with Crippen molar-refractivity contribution in [2.75, 3.05) is 30.8 Å². The van der Waals surface area contributed by atoms with Crippen LogP contribution in [-0.2, 0) is 4.74 Å². The van der Waals surface area contributed by atoms with Crippen LogP contribution in [0.25, 0.3) is 0 Å². The van der Waals surface area contributed by atoms with E-state index in [2.05, 4.69) is 15.3 Å². The van der Waals surface area contributed by atoms with Gasteiger partial charge in [0.2, 0.25) is 5.95 Å². The molecule has 1 aromatic rings. The van der Waals surface area contributed by atoms with Crippen LogP contribution in [-0.4, -0.2) is 29.7 Å². The minimum absolute atomic E-state index is 0.0795. The second-order valence-corrected chi connectivity index (χ2v) is 3.86. The van der Waals surface area contributed by atoms with Crippen molar-refractivity contribution in [2.45, 2.75) is 12.8 Å². The van der Waals surface area contributed by atoms with Gasteiger partial charge in [0.05, 0.1) is 6.20 Å². The first-order chi connectivity index (χ1) is 7.75. The van der Waals surface area contributed by atoms with Crippen LogP contribution in [0.4, 0.5) is 16.2 Å². The Hall–Kier alpha value is -1.43. The molecular weight excluding hydrogens is 211 g/mol. The van der Waals surface area contributed by atoms with E-state index in [1.54, 1.807) is 0 Å². The zero-order valence-electron chi connectivity index (χ0n) is 8.95. The average molecular weight is 226 g/mol. The summed E-state index contributed by atoms with van der Waals surface area (Å²) in [6, 6.07) is 0. The summed E-state index contributed by atoms with van der Waals surface area (Å²) in [5.41, 5.74) is 5.39. The number of ether oxygens (including phenoxy) is 1. The van der Waals surface area contributed by atoms with Crippen molar-refractivity contribution in [3.05, 3.63) is 12.0 Å². The van der Waals surface area contributed by atoms with E-state index in [9.17, 15) is 4.39 Å². The molecule has 0 saturated carbocycles. The molecule has 5 nitrogen and oxygen atoms in total. The lowest BCUT2D eigenvalue weighted by Gasteiger charge is -2.22. The molecule has 0 atom stereocenters. The minimum atomic E-state index is -0.471. The number of nitrogens with zero attached hydrogens (tertiary/aromatic N) is 2. The van der Waals surface area contributed by atoms with Gasteiger partial charge in [-0.05, 0) is 18.8 Å². The average Bonchev–Trinajstić information content (AvgIpc) is 2.32. The molecule has 6 heteroatoms. The number of rotatable bonds is 3. The molecule has 2 rings (SSSR count). The first kappa shape index (κ1) is 11.1. The number of hydrogen-bond donors (Lipinski definition) is 2. The van der Waals surface area contributed by atoms with Crippen LogP contribution in [0, 0.1) is 11.7 Å². The number of halogens is 1. The zero-order chi connectivity index (χ0) is 11.4. The van der Waals surface area contributed by atoms with Crippen LogP contribution in [0.1, 0.15) is 12.8 Å². The molecule has 1 saturated heterocycles. The molecule has 3 N–H and O–H groups in total. The van der Waals surface area contributed by atoms with Crippen LogP contribution in [0.2, 0.25) is 0 Å². The summed E-state index contributed by atoms with van der Waals surface area (Å²) in [5, 5.41) is 2.96. The van der Waals surface area contributed by atoms with E-state index >= 15 is 0 Å². The van der Waals surface area contributed by atoms with Gasteiger partial charge in [0.25, 0.3) is 0 Å². The van der Waals surface area contributed by atoms with Crippen molar-refractivity contribution in [3.8, 4) is 0 Å². The van der Waals surface area contributed by atoms with Gasteiger partial charge in [0.15, 0.2) is 11.6 Å². The molecule has 1 aromatic heterocycles. The highest BCUT2D eigenvalue weighted by atomic mass is 19.1. The molecular formula is C10H15FN4O. The Bertz CT molecular complexity index is 355. The predicted octanol–water partition coefficient (Wildman–Crippen LogP) is 1.04. The van der Waals surface area contributed by atoms with E-state index in [0.717, 1.165) is 32.3 Å². The fourth-order valence-electron chi connectivity index (χ4n) is 1.70. The van der Waals surface area contributed by atoms with E-state index in [4.69, 9.17) is 10.5 Å². The Kier molecular flexibility index (Phi) is 3.51. The Balaban J connectivity index is 1.90. The molecule has 16 heavy (non-hydrogen) atoms. The zero-order valence-corrected chi connectivity index (χ0v) is 8.95. The van der Waals surface area contributed by atoms with Crippen molar-refractivity contribution >= 4 is 11.8 Å². The Morgan fingerprint density at radius 2 is 2.25 bits per heavy atom. The SMILES string of the molecule is Nc1ncc(F)c(NCC2CCOCC2)n1. The second-order valence-electron chi connectivity index (χ2n) is 3.86. The number of nitrogen functional groups attached to an aromatic ring is 1. The van der Waals surface area contributed by atoms with Gasteiger partial charge in [-0.3, -0.25) is 0 Å². The summed E-state index contributed by atoms with van der Waals surface area (Å²) in [7, 11) is 0. The monoisotopic (exact) mass is 226 g/mol. The topological polar surface area (TPSA) is 73.1 Å². The largest absolute Gasteiger partial charge is 0.381 e. The summed E-state index contributed by atoms with van der Waals surface area (Å²) >= 11 is 0. The summed E-state index contributed by atoms with van der Waals surface area (Å²) in [4.78, 5) is 7.37. The van der Waals surface area contributed by atoms with Crippen molar-refractivity contribution in [2.24, 2.45) is 5.92 Å². The lowest BCUT2D eigenvalue weighted by Crippen LogP contribution is -2.23. The van der Waals surface area contributed by atoms with Crippen LogP contribution >= 0.6 is 0 Å². The minimum Gasteiger partial charge on any atom is -0.381 e. The molecule has 1 aliphatic heterocycles. The van der Waals surface area contributed by atoms with Crippen molar-refractivity contribution < 1.29 is 9.13 Å². The second kappa shape index (κ2) is 5.07. The fraction of sp³-hybridized carbons (Fsp3) is 0.600. The highest BCUT2D eigenvalue weighted by molar-refractivity contribution is 5.39.